The molecule has 4 heterocycles. The van der Waals surface area contributed by atoms with E-state index in [2.05, 4.69) is 27.4 Å². The Bertz CT molecular complexity index is 1470. The van der Waals surface area contributed by atoms with Crippen LogP contribution >= 0.6 is 11.3 Å². The van der Waals surface area contributed by atoms with Gasteiger partial charge in [-0.3, -0.25) is 9.59 Å². The van der Waals surface area contributed by atoms with E-state index in [0.29, 0.717) is 59.2 Å². The second-order valence-electron chi connectivity index (χ2n) is 11.3. The molecule has 2 aliphatic heterocycles. The average Bonchev–Trinajstić information content (AvgIpc) is 3.32. The minimum atomic E-state index is -0.392. The van der Waals surface area contributed by atoms with Crippen molar-refractivity contribution in [3.63, 3.8) is 0 Å². The number of benzene rings is 1. The van der Waals surface area contributed by atoms with Gasteiger partial charge in [0.15, 0.2) is 5.13 Å². The van der Waals surface area contributed by atoms with Crippen molar-refractivity contribution in [2.45, 2.75) is 56.7 Å². The highest BCUT2D eigenvalue weighted by molar-refractivity contribution is 7.22. The molecule has 5 fully saturated rings. The topological polar surface area (TPSA) is 115 Å². The molecule has 10 nitrogen and oxygen atoms in total. The lowest BCUT2D eigenvalue weighted by atomic mass is 9.38. The second-order valence-corrected chi connectivity index (χ2v) is 12.3. The van der Waals surface area contributed by atoms with Gasteiger partial charge >= 0.3 is 0 Å². The third-order valence-electron chi connectivity index (χ3n) is 8.98. The van der Waals surface area contributed by atoms with Gasteiger partial charge in [0.05, 0.1) is 67.2 Å². The standard InChI is InChI=1S/C28H31N5O5S/c1-4-27-12-28(13-27,14-27)32-24(34)17-8-21(37-3)29-9-19(17)30-25(35)22-20(36-2)6-5-18-23(22)39-26(31-18)33-15-7-16(33)11-38-10-15/h5-6,8-9,15-16H,4,7,10-14H2,1-3H3,(H,30,35)(H,32,34). The van der Waals surface area contributed by atoms with E-state index < -0.39 is 5.91 Å². The molecule has 2 aromatic heterocycles. The zero-order chi connectivity index (χ0) is 26.9. The van der Waals surface area contributed by atoms with E-state index in [4.69, 9.17) is 19.2 Å². The minimum absolute atomic E-state index is 0.140. The molecule has 2 amide bonds. The van der Waals surface area contributed by atoms with E-state index >= 15 is 0 Å². The maximum Gasteiger partial charge on any atom is 0.261 e. The van der Waals surface area contributed by atoms with Gasteiger partial charge in [0, 0.05) is 11.6 Å². The van der Waals surface area contributed by atoms with E-state index in [9.17, 15) is 9.59 Å². The first-order chi connectivity index (χ1) is 18.9. The maximum atomic E-state index is 13.8. The van der Waals surface area contributed by atoms with Crippen molar-refractivity contribution in [1.82, 2.24) is 15.3 Å². The van der Waals surface area contributed by atoms with Crippen LogP contribution in [0.3, 0.4) is 0 Å². The molecule has 2 atom stereocenters. The largest absolute Gasteiger partial charge is 0.496 e. The molecule has 0 spiro atoms. The smallest absolute Gasteiger partial charge is 0.261 e. The molecule has 11 heteroatoms. The molecule has 1 aromatic carbocycles. The highest BCUT2D eigenvalue weighted by Crippen LogP contribution is 2.68. The van der Waals surface area contributed by atoms with Crippen LogP contribution in [-0.4, -0.2) is 66.8 Å². The van der Waals surface area contributed by atoms with Crippen LogP contribution in [0.1, 0.15) is 59.7 Å². The normalized spacial score (nSPS) is 28.1. The first kappa shape index (κ1) is 24.6. The molecule has 2 saturated heterocycles. The number of aromatic nitrogens is 2. The van der Waals surface area contributed by atoms with Crippen molar-refractivity contribution in [2.24, 2.45) is 5.41 Å². The Morgan fingerprint density at radius 2 is 1.92 bits per heavy atom. The van der Waals surface area contributed by atoms with Gasteiger partial charge in [-0.15, -0.1) is 0 Å². The molecule has 2 N–H and O–H groups in total. The Morgan fingerprint density at radius 1 is 1.15 bits per heavy atom. The summed E-state index contributed by atoms with van der Waals surface area (Å²) in [4.78, 5) is 38.6. The fourth-order valence-electron chi connectivity index (χ4n) is 6.94. The summed E-state index contributed by atoms with van der Waals surface area (Å²) in [6.07, 6.45) is 6.71. The number of ether oxygens (including phenoxy) is 3. The number of amides is 2. The van der Waals surface area contributed by atoms with Crippen LogP contribution in [0.4, 0.5) is 10.8 Å². The van der Waals surface area contributed by atoms with Gasteiger partial charge < -0.3 is 29.7 Å². The van der Waals surface area contributed by atoms with Crippen LogP contribution < -0.4 is 25.0 Å². The number of carbonyl (C=O) groups is 2. The summed E-state index contributed by atoms with van der Waals surface area (Å²) in [6, 6.07) is 5.84. The molecule has 5 aliphatic rings. The molecule has 8 rings (SSSR count). The van der Waals surface area contributed by atoms with Crippen molar-refractivity contribution >= 4 is 44.2 Å². The summed E-state index contributed by atoms with van der Waals surface area (Å²) < 4.78 is 17.2. The molecule has 39 heavy (non-hydrogen) atoms. The van der Waals surface area contributed by atoms with Gasteiger partial charge in [-0.25, -0.2) is 9.97 Å². The van der Waals surface area contributed by atoms with E-state index in [1.165, 1.54) is 31.8 Å². The van der Waals surface area contributed by atoms with Crippen molar-refractivity contribution < 1.29 is 23.8 Å². The first-order valence-electron chi connectivity index (χ1n) is 13.4. The highest BCUT2D eigenvalue weighted by Gasteiger charge is 2.67. The van der Waals surface area contributed by atoms with Gasteiger partial charge in [0.2, 0.25) is 5.88 Å². The number of rotatable bonds is 8. The second kappa shape index (κ2) is 8.79. The number of carbonyl (C=O) groups excluding carboxylic acids is 2. The number of nitrogens with zero attached hydrogens (tertiary/aromatic N) is 3. The number of fused-ring (bicyclic) bond motifs is 3. The van der Waals surface area contributed by atoms with Crippen LogP contribution in [0.2, 0.25) is 0 Å². The van der Waals surface area contributed by atoms with E-state index in [0.717, 1.165) is 47.5 Å². The summed E-state index contributed by atoms with van der Waals surface area (Å²) in [7, 11) is 3.04. The van der Waals surface area contributed by atoms with Gasteiger partial charge in [0.25, 0.3) is 11.8 Å². The highest BCUT2D eigenvalue weighted by atomic mass is 32.1. The van der Waals surface area contributed by atoms with E-state index in [-0.39, 0.29) is 11.4 Å². The van der Waals surface area contributed by atoms with Crippen LogP contribution in [-0.2, 0) is 4.74 Å². The molecule has 204 valence electrons. The summed E-state index contributed by atoms with van der Waals surface area (Å²) in [5, 5.41) is 7.03. The number of thiazole rings is 1. The van der Waals surface area contributed by atoms with E-state index in [1.54, 1.807) is 12.1 Å². The number of pyridine rings is 1. The first-order valence-corrected chi connectivity index (χ1v) is 14.2. The molecule has 2 unspecified atom stereocenters. The number of nitrogens with one attached hydrogen (secondary N) is 2. The van der Waals surface area contributed by atoms with Crippen molar-refractivity contribution in [1.29, 1.82) is 0 Å². The average molecular weight is 550 g/mol. The van der Waals surface area contributed by atoms with Crippen LogP contribution in [0.25, 0.3) is 10.2 Å². The SMILES string of the molecule is CCC12CC(NC(=O)c3cc(OC)ncc3NC(=O)c3c(OC)ccc4nc(N5C6COCC5C6)sc34)(C1)C2. The fourth-order valence-corrected chi connectivity index (χ4v) is 8.19. The van der Waals surface area contributed by atoms with Crippen LogP contribution in [0, 0.1) is 5.41 Å². The van der Waals surface area contributed by atoms with Crippen molar-refractivity contribution in [2.75, 3.05) is 37.7 Å². The Balaban J connectivity index is 1.19. The molecular weight excluding hydrogens is 518 g/mol. The van der Waals surface area contributed by atoms with E-state index in [1.807, 2.05) is 6.07 Å². The Morgan fingerprint density at radius 3 is 2.59 bits per heavy atom. The lowest BCUT2D eigenvalue weighted by molar-refractivity contribution is -0.149. The minimum Gasteiger partial charge on any atom is -0.496 e. The number of methoxy groups -OCH3 is 2. The third kappa shape index (κ3) is 3.77. The van der Waals surface area contributed by atoms with Crippen molar-refractivity contribution in [3.8, 4) is 11.6 Å². The molecule has 0 radical (unpaired) electrons. The van der Waals surface area contributed by atoms with Gasteiger partial charge in [-0.05, 0) is 43.2 Å². The Kier molecular flexibility index (Phi) is 5.54. The predicted octanol–water partition coefficient (Wildman–Crippen LogP) is 4.00. The van der Waals surface area contributed by atoms with Crippen LogP contribution in [0.5, 0.6) is 11.6 Å². The molecule has 4 bridgehead atoms. The summed E-state index contributed by atoms with van der Waals surface area (Å²) in [5.74, 6) is 0.105. The zero-order valence-corrected chi connectivity index (χ0v) is 23.0. The van der Waals surface area contributed by atoms with Gasteiger partial charge in [-0.1, -0.05) is 24.7 Å². The van der Waals surface area contributed by atoms with Crippen molar-refractivity contribution in [3.05, 3.63) is 35.5 Å². The lowest BCUT2D eigenvalue weighted by Gasteiger charge is -2.70. The molecular formula is C28H31N5O5S. The maximum absolute atomic E-state index is 13.8. The molecule has 3 aromatic rings. The molecule has 3 saturated carbocycles. The van der Waals surface area contributed by atoms with Gasteiger partial charge in [0.1, 0.15) is 11.3 Å². The molecule has 3 aliphatic carbocycles. The quantitative estimate of drug-likeness (QED) is 0.433. The number of hydrogen-bond acceptors (Lipinski definition) is 9. The monoisotopic (exact) mass is 549 g/mol. The number of anilines is 2. The van der Waals surface area contributed by atoms with Gasteiger partial charge in [-0.2, -0.15) is 0 Å². The number of hydrogen-bond donors (Lipinski definition) is 2. The zero-order valence-electron chi connectivity index (χ0n) is 22.2. The van der Waals surface area contributed by atoms with Crippen LogP contribution in [0.15, 0.2) is 24.4 Å². The Hall–Kier alpha value is -3.44. The Labute approximate surface area is 230 Å². The summed E-state index contributed by atoms with van der Waals surface area (Å²) in [5.41, 5.74) is 1.99. The third-order valence-corrected chi connectivity index (χ3v) is 10.1. The predicted molar refractivity (Wildman–Crippen MR) is 147 cm³/mol. The summed E-state index contributed by atoms with van der Waals surface area (Å²) >= 11 is 1.48. The lowest BCUT2D eigenvalue weighted by Crippen LogP contribution is -2.74. The number of morpholine rings is 1. The fraction of sp³-hybridized carbons (Fsp3) is 0.500. The summed E-state index contributed by atoms with van der Waals surface area (Å²) in [6.45, 7) is 3.59.